The molecule has 0 bridgehead atoms. The summed E-state index contributed by atoms with van der Waals surface area (Å²) in [5.74, 6) is 0.984. The first-order valence-corrected chi connectivity index (χ1v) is 12.1. The van der Waals surface area contributed by atoms with Crippen LogP contribution in [0.15, 0.2) is 72.7 Å². The highest BCUT2D eigenvalue weighted by molar-refractivity contribution is 6.30. The third-order valence-electron chi connectivity index (χ3n) is 7.49. The molecule has 5 rings (SSSR count). The fourth-order valence-corrected chi connectivity index (χ4v) is 5.77. The zero-order valence-corrected chi connectivity index (χ0v) is 19.9. The number of pyridine rings is 1. The fraction of sp³-hybridized carbons (Fsp3) is 0.357. The summed E-state index contributed by atoms with van der Waals surface area (Å²) in [4.78, 5) is 19.7. The number of carbonyl (C=O) groups excluding carboxylic acids is 1. The summed E-state index contributed by atoms with van der Waals surface area (Å²) < 4.78 is 0. The molecule has 1 amide bonds. The van der Waals surface area contributed by atoms with E-state index in [1.165, 1.54) is 16.7 Å². The van der Waals surface area contributed by atoms with Crippen LogP contribution in [0.5, 0.6) is 0 Å². The molecule has 2 aliphatic heterocycles. The summed E-state index contributed by atoms with van der Waals surface area (Å²) in [6.45, 7) is 5.57. The number of halogens is 1. The second kappa shape index (κ2) is 8.83. The SMILES string of the molecule is CC(C)(C(=O)N1CCC(C2c3ccc(Cl)cc3C=CC3=CC=CNC32)CC1)c1cccnc1. The average Bonchev–Trinajstić information content (AvgIpc) is 3.01. The van der Waals surface area contributed by atoms with Crippen molar-refractivity contribution in [3.8, 4) is 0 Å². The van der Waals surface area contributed by atoms with Crippen LogP contribution in [0.2, 0.25) is 5.02 Å². The molecule has 1 saturated heterocycles. The Kier molecular flexibility index (Phi) is 5.88. The minimum Gasteiger partial charge on any atom is -0.383 e. The number of hydrogen-bond donors (Lipinski definition) is 1. The van der Waals surface area contributed by atoms with Crippen molar-refractivity contribution < 1.29 is 4.79 Å². The number of fused-ring (bicyclic) bond motifs is 2. The van der Waals surface area contributed by atoms with Gasteiger partial charge in [0.2, 0.25) is 5.91 Å². The van der Waals surface area contributed by atoms with Crippen molar-refractivity contribution in [1.82, 2.24) is 15.2 Å². The van der Waals surface area contributed by atoms with Crippen LogP contribution < -0.4 is 5.32 Å². The molecule has 4 nitrogen and oxygen atoms in total. The molecule has 33 heavy (non-hydrogen) atoms. The van der Waals surface area contributed by atoms with E-state index in [0.717, 1.165) is 36.5 Å². The van der Waals surface area contributed by atoms with E-state index in [4.69, 9.17) is 11.6 Å². The standard InChI is InChI=1S/C28H30ClN3O/c1-28(2,22-6-4-13-30-18-22)27(33)32-15-11-19(12-16-32)25-24-10-9-23(29)17-21(24)8-7-20-5-3-14-31-26(20)25/h3-10,13-14,17-19,25-26,31H,11-12,15-16H2,1-2H3. The number of rotatable bonds is 3. The van der Waals surface area contributed by atoms with Crippen LogP contribution in [0.4, 0.5) is 0 Å². The van der Waals surface area contributed by atoms with Gasteiger partial charge in [0.05, 0.1) is 11.5 Å². The Balaban J connectivity index is 1.38. The van der Waals surface area contributed by atoms with Gasteiger partial charge in [-0.2, -0.15) is 0 Å². The van der Waals surface area contributed by atoms with Crippen LogP contribution in [0, 0.1) is 5.92 Å². The Morgan fingerprint density at radius 1 is 1.18 bits per heavy atom. The Hall–Kier alpha value is -2.85. The number of aromatic nitrogens is 1. The molecule has 1 N–H and O–H groups in total. The summed E-state index contributed by atoms with van der Waals surface area (Å²) in [7, 11) is 0. The maximum absolute atomic E-state index is 13.5. The first kappa shape index (κ1) is 22.0. The summed E-state index contributed by atoms with van der Waals surface area (Å²) in [5, 5.41) is 4.39. The van der Waals surface area contributed by atoms with Crippen LogP contribution >= 0.6 is 11.6 Å². The van der Waals surface area contributed by atoms with Gasteiger partial charge in [-0.1, -0.05) is 42.0 Å². The van der Waals surface area contributed by atoms with Gasteiger partial charge in [-0.15, -0.1) is 0 Å². The molecular formula is C28H30ClN3O. The molecular weight excluding hydrogens is 430 g/mol. The first-order chi connectivity index (χ1) is 15.9. The molecule has 3 aliphatic rings. The Labute approximate surface area is 201 Å². The minimum absolute atomic E-state index is 0.183. The van der Waals surface area contributed by atoms with Gasteiger partial charge in [-0.05, 0) is 85.3 Å². The molecule has 1 aliphatic carbocycles. The molecule has 0 spiro atoms. The number of nitrogens with one attached hydrogen (secondary N) is 1. The van der Waals surface area contributed by atoms with E-state index in [2.05, 4.69) is 46.7 Å². The average molecular weight is 460 g/mol. The van der Waals surface area contributed by atoms with Crippen LogP contribution in [-0.4, -0.2) is 34.9 Å². The van der Waals surface area contributed by atoms with Crippen molar-refractivity contribution in [2.24, 2.45) is 5.92 Å². The molecule has 1 aromatic heterocycles. The molecule has 2 unspecified atom stereocenters. The maximum atomic E-state index is 13.5. The topological polar surface area (TPSA) is 45.2 Å². The molecule has 3 heterocycles. The highest BCUT2D eigenvalue weighted by atomic mass is 35.5. The summed E-state index contributed by atoms with van der Waals surface area (Å²) in [5.41, 5.74) is 4.22. The summed E-state index contributed by atoms with van der Waals surface area (Å²) in [6.07, 6.45) is 16.2. The predicted octanol–water partition coefficient (Wildman–Crippen LogP) is 5.47. The zero-order chi connectivity index (χ0) is 23.0. The highest BCUT2D eigenvalue weighted by Gasteiger charge is 2.40. The van der Waals surface area contributed by atoms with Crippen LogP contribution in [0.1, 0.15) is 49.3 Å². The van der Waals surface area contributed by atoms with Crippen molar-refractivity contribution in [2.45, 2.75) is 44.1 Å². The molecule has 170 valence electrons. The van der Waals surface area contributed by atoms with E-state index in [9.17, 15) is 4.79 Å². The number of amides is 1. The third-order valence-corrected chi connectivity index (χ3v) is 7.73. The molecule has 1 fully saturated rings. The van der Waals surface area contributed by atoms with Gasteiger partial charge >= 0.3 is 0 Å². The number of allylic oxidation sites excluding steroid dienone is 2. The van der Waals surface area contributed by atoms with E-state index in [1.54, 1.807) is 12.4 Å². The molecule has 1 aromatic carbocycles. The number of dihydropyridines is 1. The van der Waals surface area contributed by atoms with Crippen molar-refractivity contribution in [1.29, 1.82) is 0 Å². The van der Waals surface area contributed by atoms with Crippen molar-refractivity contribution in [3.05, 3.63) is 94.4 Å². The van der Waals surface area contributed by atoms with E-state index in [1.807, 2.05) is 43.1 Å². The predicted molar refractivity (Wildman–Crippen MR) is 134 cm³/mol. The second-order valence-corrected chi connectivity index (χ2v) is 10.2. The van der Waals surface area contributed by atoms with Crippen LogP contribution in [-0.2, 0) is 10.2 Å². The lowest BCUT2D eigenvalue weighted by molar-refractivity contribution is -0.137. The smallest absolute Gasteiger partial charge is 0.232 e. The van der Waals surface area contributed by atoms with Gasteiger partial charge < -0.3 is 10.2 Å². The van der Waals surface area contributed by atoms with Crippen molar-refractivity contribution >= 4 is 23.6 Å². The molecule has 2 atom stereocenters. The van der Waals surface area contributed by atoms with Crippen molar-refractivity contribution in [3.63, 3.8) is 0 Å². The Morgan fingerprint density at radius 3 is 2.76 bits per heavy atom. The summed E-state index contributed by atoms with van der Waals surface area (Å²) in [6, 6.07) is 10.4. The Bertz CT molecular complexity index is 1130. The maximum Gasteiger partial charge on any atom is 0.232 e. The number of likely N-dealkylation sites (tertiary alicyclic amines) is 1. The Morgan fingerprint density at radius 2 is 2.00 bits per heavy atom. The number of nitrogens with zero attached hydrogens (tertiary/aromatic N) is 2. The van der Waals surface area contributed by atoms with E-state index < -0.39 is 5.41 Å². The van der Waals surface area contributed by atoms with Crippen LogP contribution in [0.25, 0.3) is 6.08 Å². The van der Waals surface area contributed by atoms with E-state index in [0.29, 0.717) is 11.8 Å². The lowest BCUT2D eigenvalue weighted by Crippen LogP contribution is -2.49. The quantitative estimate of drug-likeness (QED) is 0.661. The molecule has 0 radical (unpaired) electrons. The third kappa shape index (κ3) is 4.13. The monoisotopic (exact) mass is 459 g/mol. The number of carbonyl (C=O) groups is 1. The molecule has 5 heteroatoms. The van der Waals surface area contributed by atoms with Crippen LogP contribution in [0.3, 0.4) is 0 Å². The van der Waals surface area contributed by atoms with Gasteiger partial charge in [0.25, 0.3) is 0 Å². The summed E-state index contributed by atoms with van der Waals surface area (Å²) >= 11 is 6.34. The lowest BCUT2D eigenvalue weighted by Gasteiger charge is -2.42. The van der Waals surface area contributed by atoms with E-state index in [-0.39, 0.29) is 11.9 Å². The van der Waals surface area contributed by atoms with Gasteiger partial charge in [-0.3, -0.25) is 9.78 Å². The zero-order valence-electron chi connectivity index (χ0n) is 19.2. The molecule has 0 saturated carbocycles. The first-order valence-electron chi connectivity index (χ1n) is 11.8. The van der Waals surface area contributed by atoms with E-state index >= 15 is 0 Å². The van der Waals surface area contributed by atoms with Gasteiger partial charge in [0.1, 0.15) is 0 Å². The lowest BCUT2D eigenvalue weighted by atomic mass is 9.73. The van der Waals surface area contributed by atoms with Crippen molar-refractivity contribution in [2.75, 3.05) is 13.1 Å². The van der Waals surface area contributed by atoms with Gasteiger partial charge in [0.15, 0.2) is 0 Å². The number of piperidine rings is 1. The molecule has 2 aromatic rings. The normalized spacial score (nSPS) is 22.6. The highest BCUT2D eigenvalue weighted by Crippen LogP contribution is 2.43. The fourth-order valence-electron chi connectivity index (χ4n) is 5.59. The second-order valence-electron chi connectivity index (χ2n) is 9.80. The number of benzene rings is 1. The van der Waals surface area contributed by atoms with Gasteiger partial charge in [-0.25, -0.2) is 0 Å². The largest absolute Gasteiger partial charge is 0.383 e. The minimum atomic E-state index is -0.581. The van der Waals surface area contributed by atoms with Gasteiger partial charge in [0, 0.05) is 36.4 Å². The number of hydrogen-bond acceptors (Lipinski definition) is 3.